The van der Waals surface area contributed by atoms with E-state index in [0.717, 1.165) is 11.1 Å². The van der Waals surface area contributed by atoms with Crippen LogP contribution in [0.15, 0.2) is 30.3 Å². The molecule has 0 bridgehead atoms. The maximum absolute atomic E-state index is 11.9. The summed E-state index contributed by atoms with van der Waals surface area (Å²) in [7, 11) is 0. The molecule has 1 aromatic rings. The molecule has 0 amide bonds. The molecule has 0 radical (unpaired) electrons. The molecule has 0 aliphatic heterocycles. The third kappa shape index (κ3) is 3.06. The molecule has 1 aromatic carbocycles. The van der Waals surface area contributed by atoms with Crippen molar-refractivity contribution in [3.8, 4) is 0 Å². The highest BCUT2D eigenvalue weighted by molar-refractivity contribution is 5.99. The normalized spacial score (nSPS) is 12.7. The molecule has 0 saturated heterocycles. The summed E-state index contributed by atoms with van der Waals surface area (Å²) >= 11 is 0. The first-order chi connectivity index (χ1) is 7.32. The van der Waals surface area contributed by atoms with Crippen molar-refractivity contribution in [2.24, 2.45) is 5.41 Å². The standard InChI is InChI=1S/C15H20O/c1-11-8-6-7-9-13(11)12(2)10-14(16)15(3,4)5/h6-10H,1-5H3/b12-10-. The van der Waals surface area contributed by atoms with E-state index in [-0.39, 0.29) is 11.2 Å². The Morgan fingerprint density at radius 2 is 1.75 bits per heavy atom. The van der Waals surface area contributed by atoms with Crippen molar-refractivity contribution in [2.75, 3.05) is 0 Å². The van der Waals surface area contributed by atoms with Crippen molar-refractivity contribution in [3.05, 3.63) is 41.5 Å². The lowest BCUT2D eigenvalue weighted by Crippen LogP contribution is -2.17. The molecule has 16 heavy (non-hydrogen) atoms. The maximum atomic E-state index is 11.9. The monoisotopic (exact) mass is 216 g/mol. The molecule has 86 valence electrons. The number of carbonyl (C=O) groups is 1. The molecule has 0 N–H and O–H groups in total. The number of allylic oxidation sites excluding steroid dienone is 2. The lowest BCUT2D eigenvalue weighted by atomic mass is 9.88. The fourth-order valence-electron chi connectivity index (χ4n) is 1.51. The Bertz CT molecular complexity index is 419. The molecule has 0 aromatic heterocycles. The van der Waals surface area contributed by atoms with Crippen LogP contribution in [0, 0.1) is 12.3 Å². The minimum atomic E-state index is -0.302. The Morgan fingerprint density at radius 1 is 1.19 bits per heavy atom. The second-order valence-electron chi connectivity index (χ2n) is 5.26. The summed E-state index contributed by atoms with van der Waals surface area (Å²) in [4.78, 5) is 11.9. The van der Waals surface area contributed by atoms with Gasteiger partial charge in [0, 0.05) is 5.41 Å². The molecule has 0 fully saturated rings. The number of hydrogen-bond acceptors (Lipinski definition) is 1. The number of rotatable bonds is 2. The van der Waals surface area contributed by atoms with Gasteiger partial charge in [-0.3, -0.25) is 4.79 Å². The molecular formula is C15H20O. The lowest BCUT2D eigenvalue weighted by Gasteiger charge is -2.14. The zero-order valence-corrected chi connectivity index (χ0v) is 10.8. The molecule has 1 heteroatoms. The van der Waals surface area contributed by atoms with Gasteiger partial charge in [-0.25, -0.2) is 0 Å². The molecule has 0 heterocycles. The predicted octanol–water partition coefficient (Wildman–Crippen LogP) is 4.01. The van der Waals surface area contributed by atoms with Crippen LogP contribution in [0.4, 0.5) is 0 Å². The highest BCUT2D eigenvalue weighted by atomic mass is 16.1. The Hall–Kier alpha value is -1.37. The zero-order chi connectivity index (χ0) is 12.3. The molecule has 0 aliphatic rings. The average Bonchev–Trinajstić information content (AvgIpc) is 2.16. The van der Waals surface area contributed by atoms with Crippen molar-refractivity contribution in [1.82, 2.24) is 0 Å². The van der Waals surface area contributed by atoms with Gasteiger partial charge in [-0.05, 0) is 36.6 Å². The third-order valence-electron chi connectivity index (χ3n) is 2.66. The second kappa shape index (κ2) is 4.65. The van der Waals surface area contributed by atoms with Crippen LogP contribution in [0.1, 0.15) is 38.8 Å². The van der Waals surface area contributed by atoms with Gasteiger partial charge in [-0.1, -0.05) is 45.0 Å². The van der Waals surface area contributed by atoms with E-state index in [0.29, 0.717) is 0 Å². The van der Waals surface area contributed by atoms with Gasteiger partial charge in [0.2, 0.25) is 0 Å². The van der Waals surface area contributed by atoms with Crippen molar-refractivity contribution in [1.29, 1.82) is 0 Å². The van der Waals surface area contributed by atoms with Crippen molar-refractivity contribution in [3.63, 3.8) is 0 Å². The minimum Gasteiger partial charge on any atom is -0.294 e. The van der Waals surface area contributed by atoms with Gasteiger partial charge in [0.1, 0.15) is 0 Å². The van der Waals surface area contributed by atoms with E-state index >= 15 is 0 Å². The number of aryl methyl sites for hydroxylation is 1. The fourth-order valence-corrected chi connectivity index (χ4v) is 1.51. The summed E-state index contributed by atoms with van der Waals surface area (Å²) in [5.74, 6) is 0.174. The van der Waals surface area contributed by atoms with Crippen molar-refractivity contribution in [2.45, 2.75) is 34.6 Å². The highest BCUT2D eigenvalue weighted by Crippen LogP contribution is 2.22. The van der Waals surface area contributed by atoms with E-state index in [1.807, 2.05) is 39.8 Å². The predicted molar refractivity (Wildman–Crippen MR) is 69.3 cm³/mol. The molecule has 0 spiro atoms. The van der Waals surface area contributed by atoms with E-state index in [4.69, 9.17) is 0 Å². The summed E-state index contributed by atoms with van der Waals surface area (Å²) < 4.78 is 0. The van der Waals surface area contributed by atoms with Gasteiger partial charge in [0.15, 0.2) is 5.78 Å². The third-order valence-corrected chi connectivity index (χ3v) is 2.66. The van der Waals surface area contributed by atoms with E-state index in [1.165, 1.54) is 5.56 Å². The van der Waals surface area contributed by atoms with Crippen LogP contribution in [-0.4, -0.2) is 5.78 Å². The minimum absolute atomic E-state index is 0.174. The van der Waals surface area contributed by atoms with E-state index < -0.39 is 0 Å². The van der Waals surface area contributed by atoms with Crippen molar-refractivity contribution < 1.29 is 4.79 Å². The molecule has 1 rings (SSSR count). The summed E-state index contributed by atoms with van der Waals surface area (Å²) in [5.41, 5.74) is 3.10. The topological polar surface area (TPSA) is 17.1 Å². The quantitative estimate of drug-likeness (QED) is 0.682. The number of hydrogen-bond donors (Lipinski definition) is 0. The van der Waals surface area contributed by atoms with Crippen LogP contribution < -0.4 is 0 Å². The molecular weight excluding hydrogens is 196 g/mol. The van der Waals surface area contributed by atoms with Crippen molar-refractivity contribution >= 4 is 11.4 Å². The van der Waals surface area contributed by atoms with Crippen LogP contribution in [0.2, 0.25) is 0 Å². The zero-order valence-electron chi connectivity index (χ0n) is 10.8. The summed E-state index contributed by atoms with van der Waals surface area (Å²) in [5, 5.41) is 0. The van der Waals surface area contributed by atoms with Crippen LogP contribution >= 0.6 is 0 Å². The second-order valence-corrected chi connectivity index (χ2v) is 5.26. The van der Waals surface area contributed by atoms with E-state index in [2.05, 4.69) is 19.1 Å². The summed E-state index contributed by atoms with van der Waals surface area (Å²) in [6, 6.07) is 8.13. The Kier molecular flexibility index (Phi) is 3.69. The smallest absolute Gasteiger partial charge is 0.161 e. The van der Waals surface area contributed by atoms with E-state index in [9.17, 15) is 4.79 Å². The largest absolute Gasteiger partial charge is 0.294 e. The maximum Gasteiger partial charge on any atom is 0.161 e. The molecule has 0 saturated carbocycles. The Morgan fingerprint density at radius 3 is 2.25 bits per heavy atom. The highest BCUT2D eigenvalue weighted by Gasteiger charge is 2.19. The molecule has 0 unspecified atom stereocenters. The molecule has 0 atom stereocenters. The van der Waals surface area contributed by atoms with Gasteiger partial charge < -0.3 is 0 Å². The van der Waals surface area contributed by atoms with Gasteiger partial charge in [-0.2, -0.15) is 0 Å². The van der Waals surface area contributed by atoms with Gasteiger partial charge in [0.05, 0.1) is 0 Å². The lowest BCUT2D eigenvalue weighted by molar-refractivity contribution is -0.121. The van der Waals surface area contributed by atoms with Crippen LogP contribution in [-0.2, 0) is 4.79 Å². The van der Waals surface area contributed by atoms with Crippen LogP contribution in [0.3, 0.4) is 0 Å². The molecule has 1 nitrogen and oxygen atoms in total. The first-order valence-electron chi connectivity index (χ1n) is 5.61. The number of carbonyl (C=O) groups excluding carboxylic acids is 1. The number of benzene rings is 1. The first-order valence-corrected chi connectivity index (χ1v) is 5.61. The fraction of sp³-hybridized carbons (Fsp3) is 0.400. The number of ketones is 1. The summed E-state index contributed by atoms with van der Waals surface area (Å²) in [6.45, 7) is 9.88. The van der Waals surface area contributed by atoms with Gasteiger partial charge in [-0.15, -0.1) is 0 Å². The average molecular weight is 216 g/mol. The first kappa shape index (κ1) is 12.7. The molecule has 0 aliphatic carbocycles. The van der Waals surface area contributed by atoms with Gasteiger partial charge >= 0.3 is 0 Å². The SMILES string of the molecule is C/C(=C/C(=O)C(C)(C)C)c1ccccc1C. The Labute approximate surface area is 98.2 Å². The van der Waals surface area contributed by atoms with Gasteiger partial charge in [0.25, 0.3) is 0 Å². The van der Waals surface area contributed by atoms with Crippen LogP contribution in [0.5, 0.6) is 0 Å². The van der Waals surface area contributed by atoms with Crippen LogP contribution in [0.25, 0.3) is 5.57 Å². The summed E-state index contributed by atoms with van der Waals surface area (Å²) in [6.07, 6.45) is 1.75. The van der Waals surface area contributed by atoms with E-state index in [1.54, 1.807) is 6.08 Å². The Balaban J connectivity index is 3.04.